The van der Waals surface area contributed by atoms with Crippen LogP contribution >= 0.6 is 11.8 Å². The second-order valence-electron chi connectivity index (χ2n) is 3.42. The number of nitrogens with two attached hydrogens (primary N) is 1. The Morgan fingerprint density at radius 3 is 2.76 bits per heavy atom. The number of hydrogen-bond acceptors (Lipinski definition) is 4. The maximum absolute atomic E-state index is 11.5. The molecule has 1 aromatic carbocycles. The van der Waals surface area contributed by atoms with Gasteiger partial charge in [0.15, 0.2) is 5.84 Å². The molecule has 1 atom stereocenters. The van der Waals surface area contributed by atoms with Gasteiger partial charge in [0, 0.05) is 4.90 Å². The number of benzene rings is 1. The molecule has 0 aromatic heterocycles. The minimum absolute atomic E-state index is 0.0111. The standard InChI is InChI=1S/C11H15N3O2S/c1-8(11(12)14-16)13-10(15)7-17-9-5-3-2-4-6-9/h2-6,8,16H,7H2,1H3,(H2,12,14)(H,13,15). The average molecular weight is 253 g/mol. The summed E-state index contributed by atoms with van der Waals surface area (Å²) < 4.78 is 0. The van der Waals surface area contributed by atoms with Crippen LogP contribution in [-0.2, 0) is 4.79 Å². The van der Waals surface area contributed by atoms with Crippen molar-refractivity contribution in [1.82, 2.24) is 5.32 Å². The Bertz CT molecular complexity index is 395. The zero-order chi connectivity index (χ0) is 12.7. The van der Waals surface area contributed by atoms with Gasteiger partial charge in [-0.3, -0.25) is 4.79 Å². The molecule has 0 aliphatic rings. The summed E-state index contributed by atoms with van der Waals surface area (Å²) in [6.45, 7) is 1.65. The zero-order valence-corrected chi connectivity index (χ0v) is 10.3. The number of carbonyl (C=O) groups excluding carboxylic acids is 1. The van der Waals surface area contributed by atoms with E-state index in [0.29, 0.717) is 5.75 Å². The van der Waals surface area contributed by atoms with Crippen LogP contribution in [0.2, 0.25) is 0 Å². The molecule has 0 fully saturated rings. The summed E-state index contributed by atoms with van der Waals surface area (Å²) in [5.74, 6) is 0.133. The quantitative estimate of drug-likeness (QED) is 0.240. The van der Waals surface area contributed by atoms with Crippen LogP contribution < -0.4 is 11.1 Å². The van der Waals surface area contributed by atoms with Crippen molar-refractivity contribution in [2.24, 2.45) is 10.9 Å². The lowest BCUT2D eigenvalue weighted by atomic mass is 10.3. The number of carbonyl (C=O) groups is 1. The number of amidine groups is 1. The van der Waals surface area contributed by atoms with Crippen molar-refractivity contribution in [2.45, 2.75) is 17.9 Å². The summed E-state index contributed by atoms with van der Waals surface area (Å²) in [7, 11) is 0. The van der Waals surface area contributed by atoms with E-state index in [4.69, 9.17) is 10.9 Å². The Kier molecular flexibility index (Phi) is 5.35. The first-order valence-corrected chi connectivity index (χ1v) is 6.06. The normalized spacial score (nSPS) is 13.1. The molecule has 1 amide bonds. The summed E-state index contributed by atoms with van der Waals surface area (Å²) in [4.78, 5) is 12.5. The fraction of sp³-hybridized carbons (Fsp3) is 0.273. The minimum atomic E-state index is -0.469. The molecule has 4 N–H and O–H groups in total. The van der Waals surface area contributed by atoms with Crippen LogP contribution in [-0.4, -0.2) is 28.7 Å². The van der Waals surface area contributed by atoms with Crippen LogP contribution in [0.15, 0.2) is 40.4 Å². The first-order chi connectivity index (χ1) is 8.13. The molecule has 1 unspecified atom stereocenters. The van der Waals surface area contributed by atoms with E-state index < -0.39 is 6.04 Å². The summed E-state index contributed by atoms with van der Waals surface area (Å²) >= 11 is 1.43. The summed E-state index contributed by atoms with van der Waals surface area (Å²) in [5.41, 5.74) is 5.35. The van der Waals surface area contributed by atoms with E-state index in [2.05, 4.69) is 10.5 Å². The molecular formula is C11H15N3O2S. The van der Waals surface area contributed by atoms with Crippen LogP contribution in [0.3, 0.4) is 0 Å². The third-order valence-electron chi connectivity index (χ3n) is 2.05. The van der Waals surface area contributed by atoms with Gasteiger partial charge in [0.05, 0.1) is 11.8 Å². The molecule has 0 aliphatic heterocycles. The Morgan fingerprint density at radius 1 is 1.53 bits per heavy atom. The Hall–Kier alpha value is -1.69. The number of nitrogens with zero attached hydrogens (tertiary/aromatic N) is 1. The molecule has 0 spiro atoms. The highest BCUT2D eigenvalue weighted by molar-refractivity contribution is 8.00. The molecule has 1 rings (SSSR count). The van der Waals surface area contributed by atoms with E-state index in [1.54, 1.807) is 6.92 Å². The number of thioether (sulfide) groups is 1. The first kappa shape index (κ1) is 13.4. The van der Waals surface area contributed by atoms with Crippen molar-refractivity contribution in [3.63, 3.8) is 0 Å². The van der Waals surface area contributed by atoms with Crippen molar-refractivity contribution in [3.05, 3.63) is 30.3 Å². The van der Waals surface area contributed by atoms with Crippen LogP contribution in [0, 0.1) is 0 Å². The van der Waals surface area contributed by atoms with Gasteiger partial charge < -0.3 is 16.3 Å². The van der Waals surface area contributed by atoms with Crippen molar-refractivity contribution in [1.29, 1.82) is 0 Å². The number of nitrogens with one attached hydrogen (secondary N) is 1. The molecule has 92 valence electrons. The smallest absolute Gasteiger partial charge is 0.230 e. The summed E-state index contributed by atoms with van der Waals surface area (Å²) in [5, 5.41) is 13.9. The lowest BCUT2D eigenvalue weighted by molar-refractivity contribution is -0.118. The highest BCUT2D eigenvalue weighted by Crippen LogP contribution is 2.16. The van der Waals surface area contributed by atoms with E-state index in [0.717, 1.165) is 4.90 Å². The molecule has 0 bridgehead atoms. The van der Waals surface area contributed by atoms with Gasteiger partial charge in [-0.25, -0.2) is 0 Å². The van der Waals surface area contributed by atoms with Gasteiger partial charge in [-0.15, -0.1) is 11.8 Å². The SMILES string of the molecule is CC(NC(=O)CSc1ccccc1)C(N)=NO. The highest BCUT2D eigenvalue weighted by Gasteiger charge is 2.11. The molecule has 0 heterocycles. The average Bonchev–Trinajstić information content (AvgIpc) is 2.36. The third-order valence-corrected chi connectivity index (χ3v) is 3.06. The Morgan fingerprint density at radius 2 is 2.18 bits per heavy atom. The van der Waals surface area contributed by atoms with E-state index >= 15 is 0 Å². The van der Waals surface area contributed by atoms with Crippen LogP contribution in [0.4, 0.5) is 0 Å². The Balaban J connectivity index is 2.36. The first-order valence-electron chi connectivity index (χ1n) is 5.08. The number of amides is 1. The van der Waals surface area contributed by atoms with E-state index in [9.17, 15) is 4.79 Å². The lowest BCUT2D eigenvalue weighted by Crippen LogP contribution is -2.43. The predicted molar refractivity (Wildman–Crippen MR) is 68.2 cm³/mol. The number of rotatable bonds is 5. The maximum atomic E-state index is 11.5. The van der Waals surface area contributed by atoms with E-state index in [-0.39, 0.29) is 11.7 Å². The van der Waals surface area contributed by atoms with Gasteiger partial charge >= 0.3 is 0 Å². The molecule has 6 heteroatoms. The molecular weight excluding hydrogens is 238 g/mol. The molecule has 1 aromatic rings. The largest absolute Gasteiger partial charge is 0.409 e. The molecule has 5 nitrogen and oxygen atoms in total. The zero-order valence-electron chi connectivity index (χ0n) is 9.46. The van der Waals surface area contributed by atoms with Gasteiger partial charge in [-0.1, -0.05) is 23.4 Å². The maximum Gasteiger partial charge on any atom is 0.230 e. The van der Waals surface area contributed by atoms with Crippen LogP contribution in [0.5, 0.6) is 0 Å². The van der Waals surface area contributed by atoms with Crippen LogP contribution in [0.1, 0.15) is 6.92 Å². The fourth-order valence-electron chi connectivity index (χ4n) is 1.11. The van der Waals surface area contributed by atoms with Gasteiger partial charge in [-0.05, 0) is 19.1 Å². The van der Waals surface area contributed by atoms with Gasteiger partial charge in [-0.2, -0.15) is 0 Å². The van der Waals surface area contributed by atoms with Gasteiger partial charge in [0.2, 0.25) is 5.91 Å². The number of oxime groups is 1. The minimum Gasteiger partial charge on any atom is -0.409 e. The molecule has 17 heavy (non-hydrogen) atoms. The fourth-order valence-corrected chi connectivity index (χ4v) is 1.84. The second kappa shape index (κ2) is 6.80. The monoisotopic (exact) mass is 253 g/mol. The molecule has 0 aliphatic carbocycles. The Labute approximate surface area is 104 Å². The lowest BCUT2D eigenvalue weighted by Gasteiger charge is -2.11. The second-order valence-corrected chi connectivity index (χ2v) is 4.46. The van der Waals surface area contributed by atoms with E-state index in [1.165, 1.54) is 11.8 Å². The summed E-state index contributed by atoms with van der Waals surface area (Å²) in [6.07, 6.45) is 0. The number of hydrogen-bond donors (Lipinski definition) is 3. The van der Waals surface area contributed by atoms with Crippen molar-refractivity contribution >= 4 is 23.5 Å². The molecule has 0 saturated heterocycles. The van der Waals surface area contributed by atoms with Crippen molar-refractivity contribution in [2.75, 3.05) is 5.75 Å². The van der Waals surface area contributed by atoms with Gasteiger partial charge in [0.1, 0.15) is 0 Å². The van der Waals surface area contributed by atoms with Crippen LogP contribution in [0.25, 0.3) is 0 Å². The molecule has 0 saturated carbocycles. The predicted octanol–water partition coefficient (Wildman–Crippen LogP) is 1.03. The van der Waals surface area contributed by atoms with Crippen molar-refractivity contribution < 1.29 is 10.0 Å². The highest BCUT2D eigenvalue weighted by atomic mass is 32.2. The van der Waals surface area contributed by atoms with Gasteiger partial charge in [0.25, 0.3) is 0 Å². The summed E-state index contributed by atoms with van der Waals surface area (Å²) in [6, 6.07) is 9.16. The molecule has 0 radical (unpaired) electrons. The third kappa shape index (κ3) is 4.78. The topological polar surface area (TPSA) is 87.7 Å². The van der Waals surface area contributed by atoms with E-state index in [1.807, 2.05) is 30.3 Å². The van der Waals surface area contributed by atoms with Crippen molar-refractivity contribution in [3.8, 4) is 0 Å².